The van der Waals surface area contributed by atoms with Gasteiger partial charge in [-0.2, -0.15) is 5.10 Å². The summed E-state index contributed by atoms with van der Waals surface area (Å²) < 4.78 is 5.33. The number of methoxy groups -OCH3 is 1. The van der Waals surface area contributed by atoms with E-state index in [-0.39, 0.29) is 11.2 Å². The van der Waals surface area contributed by atoms with Crippen LogP contribution in [0, 0.1) is 0 Å². The quantitative estimate of drug-likeness (QED) is 0.458. The summed E-state index contributed by atoms with van der Waals surface area (Å²) in [6.07, 6.45) is 1.65. The van der Waals surface area contributed by atoms with Gasteiger partial charge in [0, 0.05) is 5.56 Å². The molecule has 6 heteroatoms. The second-order valence-electron chi connectivity index (χ2n) is 6.69. The molecule has 29 heavy (non-hydrogen) atoms. The number of benzene rings is 3. The molecule has 0 radical (unpaired) electrons. The maximum atomic E-state index is 12.7. The van der Waals surface area contributed by atoms with Gasteiger partial charge in [0.2, 0.25) is 5.91 Å². The molecule has 1 saturated heterocycles. The number of thioether (sulfide) groups is 1. The van der Waals surface area contributed by atoms with Gasteiger partial charge >= 0.3 is 0 Å². The smallest absolute Gasteiger partial charge is 0.242 e. The predicted molar refractivity (Wildman–Crippen MR) is 120 cm³/mol. The van der Waals surface area contributed by atoms with E-state index in [1.165, 1.54) is 11.8 Å². The molecule has 0 unspecified atom stereocenters. The van der Waals surface area contributed by atoms with Crippen molar-refractivity contribution < 1.29 is 9.53 Å². The number of para-hydroxylation sites is 1. The van der Waals surface area contributed by atoms with Crippen molar-refractivity contribution in [1.82, 2.24) is 4.90 Å². The molecule has 1 aliphatic rings. The number of ether oxygens (including phenoxy) is 1. The number of rotatable bonds is 5. The van der Waals surface area contributed by atoms with Gasteiger partial charge in [-0.15, -0.1) is 5.10 Å². The average molecular weight is 404 g/mol. The summed E-state index contributed by atoms with van der Waals surface area (Å²) in [5.74, 6) is 0.779. The van der Waals surface area contributed by atoms with Gasteiger partial charge in [-0.1, -0.05) is 66.4 Å². The van der Waals surface area contributed by atoms with Crippen molar-refractivity contribution in [3.63, 3.8) is 0 Å². The van der Waals surface area contributed by atoms with Crippen LogP contribution in [0.15, 0.2) is 76.9 Å². The largest absolute Gasteiger partial charge is 0.496 e. The Morgan fingerprint density at radius 1 is 1.07 bits per heavy atom. The van der Waals surface area contributed by atoms with Crippen molar-refractivity contribution in [3.8, 4) is 5.75 Å². The summed E-state index contributed by atoms with van der Waals surface area (Å²) >= 11 is 1.43. The second-order valence-corrected chi connectivity index (χ2v) is 8.00. The van der Waals surface area contributed by atoms with Gasteiger partial charge in [-0.05, 0) is 35.4 Å². The van der Waals surface area contributed by atoms with Crippen LogP contribution in [0.4, 0.5) is 0 Å². The van der Waals surface area contributed by atoms with E-state index in [1.807, 2.05) is 49.4 Å². The Labute approximate surface area is 174 Å². The summed E-state index contributed by atoms with van der Waals surface area (Å²) in [6.45, 7) is 2.37. The van der Waals surface area contributed by atoms with E-state index < -0.39 is 0 Å². The molecule has 3 aromatic carbocycles. The minimum absolute atomic E-state index is 0.0502. The third-order valence-electron chi connectivity index (χ3n) is 4.81. The molecule has 146 valence electrons. The van der Waals surface area contributed by atoms with Gasteiger partial charge in [-0.3, -0.25) is 9.69 Å². The number of hydrogen-bond donors (Lipinski definition) is 0. The van der Waals surface area contributed by atoms with E-state index in [2.05, 4.69) is 34.5 Å². The zero-order valence-corrected chi connectivity index (χ0v) is 17.1. The van der Waals surface area contributed by atoms with Crippen molar-refractivity contribution in [2.45, 2.75) is 18.7 Å². The normalized spacial score (nSPS) is 18.3. The van der Waals surface area contributed by atoms with Crippen molar-refractivity contribution >= 4 is 39.8 Å². The Balaban J connectivity index is 1.62. The van der Waals surface area contributed by atoms with Gasteiger partial charge in [-0.25, -0.2) is 0 Å². The van der Waals surface area contributed by atoms with Gasteiger partial charge < -0.3 is 4.74 Å². The van der Waals surface area contributed by atoms with E-state index in [1.54, 1.807) is 18.2 Å². The maximum Gasteiger partial charge on any atom is 0.242 e. The second kappa shape index (κ2) is 8.49. The topological polar surface area (TPSA) is 54.3 Å². The highest BCUT2D eigenvalue weighted by atomic mass is 32.2. The van der Waals surface area contributed by atoms with Crippen LogP contribution in [0.2, 0.25) is 0 Å². The minimum atomic E-state index is -0.176. The predicted octanol–water partition coefficient (Wildman–Crippen LogP) is 4.70. The first-order valence-corrected chi connectivity index (χ1v) is 10.2. The van der Waals surface area contributed by atoms with Crippen LogP contribution in [-0.4, -0.2) is 34.5 Å². The molecule has 1 fully saturated rings. The monoisotopic (exact) mass is 403 g/mol. The van der Waals surface area contributed by atoms with E-state index in [0.29, 0.717) is 11.7 Å². The lowest BCUT2D eigenvalue weighted by Gasteiger charge is -2.17. The molecule has 0 spiro atoms. The van der Waals surface area contributed by atoms with E-state index in [0.717, 1.165) is 27.6 Å². The Morgan fingerprint density at radius 3 is 2.69 bits per heavy atom. The Morgan fingerprint density at radius 2 is 1.83 bits per heavy atom. The molecule has 1 atom stereocenters. The van der Waals surface area contributed by atoms with Gasteiger partial charge in [0.05, 0.1) is 25.1 Å². The third kappa shape index (κ3) is 4.03. The lowest BCUT2D eigenvalue weighted by molar-refractivity contribution is -0.126. The first kappa shape index (κ1) is 19.2. The Bertz CT molecular complexity index is 1100. The van der Waals surface area contributed by atoms with Crippen LogP contribution < -0.4 is 4.74 Å². The molecule has 5 nitrogen and oxygen atoms in total. The highest BCUT2D eigenvalue weighted by Crippen LogP contribution is 2.30. The fourth-order valence-electron chi connectivity index (χ4n) is 3.32. The zero-order chi connectivity index (χ0) is 20.2. The number of nitrogens with zero attached hydrogens (tertiary/aromatic N) is 3. The van der Waals surface area contributed by atoms with Crippen LogP contribution in [0.1, 0.15) is 18.1 Å². The van der Waals surface area contributed by atoms with E-state index >= 15 is 0 Å². The fraction of sp³-hybridized carbons (Fsp3) is 0.174. The molecule has 1 heterocycles. The summed E-state index contributed by atoms with van der Waals surface area (Å²) in [6, 6.07) is 21.9. The summed E-state index contributed by atoms with van der Waals surface area (Å²) in [7, 11) is 1.62. The summed E-state index contributed by atoms with van der Waals surface area (Å²) in [5, 5.41) is 11.3. The molecular weight excluding hydrogens is 382 g/mol. The Hall–Kier alpha value is -3.12. The molecule has 4 rings (SSSR count). The van der Waals surface area contributed by atoms with Crippen molar-refractivity contribution in [1.29, 1.82) is 0 Å². The number of carbonyl (C=O) groups excluding carboxylic acids is 1. The number of amides is 1. The molecule has 3 aromatic rings. The fourth-order valence-corrected chi connectivity index (χ4v) is 4.24. The number of carbonyl (C=O) groups is 1. The summed E-state index contributed by atoms with van der Waals surface area (Å²) in [5.41, 5.74) is 1.93. The first-order chi connectivity index (χ1) is 14.2. The average Bonchev–Trinajstić information content (AvgIpc) is 3.02. The van der Waals surface area contributed by atoms with Crippen molar-refractivity contribution in [3.05, 3.63) is 77.9 Å². The van der Waals surface area contributed by atoms with Crippen molar-refractivity contribution in [2.24, 2.45) is 10.2 Å². The van der Waals surface area contributed by atoms with Crippen LogP contribution in [0.3, 0.4) is 0 Å². The van der Waals surface area contributed by atoms with Crippen molar-refractivity contribution in [2.75, 3.05) is 7.11 Å². The molecule has 0 aliphatic carbocycles. The molecule has 0 aromatic heterocycles. The SMILES string of the molecule is COc1ccccc1/C=N\N=C1\S[C@H](C)C(=O)N1Cc1cccc2ccccc12. The molecule has 0 N–H and O–H groups in total. The van der Waals surface area contributed by atoms with Crippen LogP contribution in [-0.2, 0) is 11.3 Å². The molecule has 0 saturated carbocycles. The van der Waals surface area contributed by atoms with Crippen LogP contribution in [0.25, 0.3) is 10.8 Å². The molecular formula is C23H21N3O2S. The summed E-state index contributed by atoms with van der Waals surface area (Å²) in [4.78, 5) is 14.5. The van der Waals surface area contributed by atoms with Crippen LogP contribution >= 0.6 is 11.8 Å². The maximum absolute atomic E-state index is 12.7. The van der Waals surface area contributed by atoms with E-state index in [9.17, 15) is 4.79 Å². The first-order valence-electron chi connectivity index (χ1n) is 9.36. The Kier molecular flexibility index (Phi) is 5.62. The van der Waals surface area contributed by atoms with Gasteiger partial charge in [0.25, 0.3) is 0 Å². The van der Waals surface area contributed by atoms with Crippen LogP contribution in [0.5, 0.6) is 5.75 Å². The lowest BCUT2D eigenvalue weighted by Crippen LogP contribution is -2.30. The number of fused-ring (bicyclic) bond motifs is 1. The minimum Gasteiger partial charge on any atom is -0.496 e. The highest BCUT2D eigenvalue weighted by molar-refractivity contribution is 8.15. The third-order valence-corrected chi connectivity index (χ3v) is 5.88. The molecule has 0 bridgehead atoms. The van der Waals surface area contributed by atoms with Gasteiger partial charge in [0.15, 0.2) is 5.17 Å². The highest BCUT2D eigenvalue weighted by Gasteiger charge is 2.35. The number of amidine groups is 1. The standard InChI is InChI=1S/C23H21N3O2S/c1-16-22(27)26(15-19-11-7-10-17-8-3-5-12-20(17)19)23(29-16)25-24-14-18-9-4-6-13-21(18)28-2/h3-14,16H,15H2,1-2H3/b24-14-,25-23+/t16-/m1/s1. The number of hydrogen-bond acceptors (Lipinski definition) is 5. The zero-order valence-electron chi connectivity index (χ0n) is 16.3. The van der Waals surface area contributed by atoms with E-state index in [4.69, 9.17) is 4.74 Å². The lowest BCUT2D eigenvalue weighted by atomic mass is 10.0. The van der Waals surface area contributed by atoms with Gasteiger partial charge in [0.1, 0.15) is 5.75 Å². The molecule has 1 aliphatic heterocycles. The molecule has 1 amide bonds.